The second kappa shape index (κ2) is 4.49. The van der Waals surface area contributed by atoms with Gasteiger partial charge in [-0.25, -0.2) is 0 Å². The van der Waals surface area contributed by atoms with Gasteiger partial charge in [-0.1, -0.05) is 0 Å². The highest BCUT2D eigenvalue weighted by atomic mass is 16.1. The second-order valence-corrected chi connectivity index (χ2v) is 4.92. The fourth-order valence-electron chi connectivity index (χ4n) is 2.32. The Morgan fingerprint density at radius 2 is 1.80 bits per heavy atom. The molecule has 0 aliphatic carbocycles. The number of amides is 1. The average molecular weight is 213 g/mol. The van der Waals surface area contributed by atoms with Gasteiger partial charge in [-0.3, -0.25) is 9.69 Å². The van der Waals surface area contributed by atoms with Crippen LogP contribution in [0.2, 0.25) is 0 Å². The lowest BCUT2D eigenvalue weighted by atomic mass is 9.85. The number of likely N-dealkylation sites (N-methyl/N-ethyl adjacent to an activating group) is 1. The van der Waals surface area contributed by atoms with Gasteiger partial charge in [0, 0.05) is 19.1 Å². The van der Waals surface area contributed by atoms with Crippen molar-refractivity contribution in [2.24, 2.45) is 5.73 Å². The largest absolute Gasteiger partial charge is 0.368 e. The number of likely N-dealkylation sites (tertiary alicyclic amines) is 1. The second-order valence-electron chi connectivity index (χ2n) is 4.92. The summed E-state index contributed by atoms with van der Waals surface area (Å²) in [5, 5.41) is 0. The SMILES string of the molecule is CC(C)N1CCC(C(N)=O)(N(C)C)CC1. The maximum absolute atomic E-state index is 11.6. The first-order valence-electron chi connectivity index (χ1n) is 5.61. The lowest BCUT2D eigenvalue weighted by molar-refractivity contribution is -0.132. The number of piperidine rings is 1. The van der Waals surface area contributed by atoms with Crippen molar-refractivity contribution in [3.8, 4) is 0 Å². The van der Waals surface area contributed by atoms with Crippen LogP contribution in [0.4, 0.5) is 0 Å². The molecule has 1 aliphatic heterocycles. The van der Waals surface area contributed by atoms with Gasteiger partial charge in [0.05, 0.1) is 0 Å². The zero-order valence-corrected chi connectivity index (χ0v) is 10.3. The molecule has 0 aromatic carbocycles. The fraction of sp³-hybridized carbons (Fsp3) is 0.909. The molecule has 0 aromatic rings. The van der Waals surface area contributed by atoms with Gasteiger partial charge in [-0.05, 0) is 40.8 Å². The number of rotatable bonds is 3. The summed E-state index contributed by atoms with van der Waals surface area (Å²) in [5.74, 6) is -0.184. The number of hydrogen-bond acceptors (Lipinski definition) is 3. The normalized spacial score (nSPS) is 22.3. The van der Waals surface area contributed by atoms with Crippen molar-refractivity contribution in [3.05, 3.63) is 0 Å². The van der Waals surface area contributed by atoms with E-state index in [-0.39, 0.29) is 5.91 Å². The zero-order valence-electron chi connectivity index (χ0n) is 10.3. The molecule has 4 heteroatoms. The number of nitrogens with two attached hydrogens (primary N) is 1. The highest BCUT2D eigenvalue weighted by molar-refractivity contribution is 5.84. The molecule has 1 fully saturated rings. The fourth-order valence-corrected chi connectivity index (χ4v) is 2.32. The van der Waals surface area contributed by atoms with Crippen LogP contribution in [0.25, 0.3) is 0 Å². The molecule has 15 heavy (non-hydrogen) atoms. The number of carbonyl (C=O) groups excluding carboxylic acids is 1. The van der Waals surface area contributed by atoms with Crippen LogP contribution in [0.5, 0.6) is 0 Å². The van der Waals surface area contributed by atoms with Crippen molar-refractivity contribution in [1.82, 2.24) is 9.80 Å². The number of hydrogen-bond donors (Lipinski definition) is 1. The van der Waals surface area contributed by atoms with Gasteiger partial charge in [0.15, 0.2) is 0 Å². The average Bonchev–Trinajstić information content (AvgIpc) is 2.17. The molecule has 1 heterocycles. The topological polar surface area (TPSA) is 49.6 Å². The number of carbonyl (C=O) groups is 1. The van der Waals surface area contributed by atoms with Crippen LogP contribution in [0, 0.1) is 0 Å². The maximum Gasteiger partial charge on any atom is 0.238 e. The van der Waals surface area contributed by atoms with Crippen LogP contribution < -0.4 is 5.73 Å². The van der Waals surface area contributed by atoms with Gasteiger partial charge in [0.2, 0.25) is 5.91 Å². The van der Waals surface area contributed by atoms with Crippen molar-refractivity contribution < 1.29 is 4.79 Å². The minimum Gasteiger partial charge on any atom is -0.368 e. The first kappa shape index (κ1) is 12.5. The van der Waals surface area contributed by atoms with Gasteiger partial charge in [0.1, 0.15) is 5.54 Å². The smallest absolute Gasteiger partial charge is 0.238 e. The molecule has 0 bridgehead atoms. The third-order valence-corrected chi connectivity index (χ3v) is 3.67. The van der Waals surface area contributed by atoms with Crippen LogP contribution in [-0.2, 0) is 4.79 Å². The van der Waals surface area contributed by atoms with Crippen molar-refractivity contribution in [3.63, 3.8) is 0 Å². The zero-order chi connectivity index (χ0) is 11.6. The summed E-state index contributed by atoms with van der Waals surface area (Å²) >= 11 is 0. The molecule has 0 saturated carbocycles. The first-order chi connectivity index (χ1) is 6.90. The quantitative estimate of drug-likeness (QED) is 0.732. The minimum atomic E-state index is -0.425. The van der Waals surface area contributed by atoms with E-state index in [0.717, 1.165) is 25.9 Å². The molecule has 2 N–H and O–H groups in total. The maximum atomic E-state index is 11.6. The van der Waals surface area contributed by atoms with E-state index in [9.17, 15) is 4.79 Å². The Bertz CT molecular complexity index is 230. The van der Waals surface area contributed by atoms with Crippen LogP contribution in [0.1, 0.15) is 26.7 Å². The molecule has 0 radical (unpaired) electrons. The standard InChI is InChI=1S/C11H23N3O/c1-9(2)14-7-5-11(6-8-14,10(12)15)13(3)4/h9H,5-8H2,1-4H3,(H2,12,15). The van der Waals surface area contributed by atoms with Crippen LogP contribution in [-0.4, -0.2) is 54.5 Å². The van der Waals surface area contributed by atoms with E-state index in [0.29, 0.717) is 6.04 Å². The summed E-state index contributed by atoms with van der Waals surface area (Å²) in [6.45, 7) is 6.29. The molecule has 0 unspecified atom stereocenters. The van der Waals surface area contributed by atoms with Gasteiger partial charge >= 0.3 is 0 Å². The summed E-state index contributed by atoms with van der Waals surface area (Å²) in [6, 6.07) is 0.554. The van der Waals surface area contributed by atoms with Gasteiger partial charge in [-0.2, -0.15) is 0 Å². The Labute approximate surface area is 92.4 Å². The molecule has 4 nitrogen and oxygen atoms in total. The summed E-state index contributed by atoms with van der Waals surface area (Å²) in [5.41, 5.74) is 5.10. The van der Waals surface area contributed by atoms with Crippen LogP contribution in [0.15, 0.2) is 0 Å². The molecule has 0 atom stereocenters. The van der Waals surface area contributed by atoms with Gasteiger partial charge in [0.25, 0.3) is 0 Å². The molecular weight excluding hydrogens is 190 g/mol. The Morgan fingerprint density at radius 1 is 1.33 bits per heavy atom. The van der Waals surface area contributed by atoms with E-state index in [2.05, 4.69) is 18.7 Å². The van der Waals surface area contributed by atoms with Crippen LogP contribution >= 0.6 is 0 Å². The predicted octanol–water partition coefficient (Wildman–Crippen LogP) is 0.276. The molecule has 1 rings (SSSR count). The molecule has 1 saturated heterocycles. The van der Waals surface area contributed by atoms with Crippen molar-refractivity contribution in [2.75, 3.05) is 27.2 Å². The van der Waals surface area contributed by atoms with E-state index in [1.165, 1.54) is 0 Å². The van der Waals surface area contributed by atoms with E-state index in [1.807, 2.05) is 19.0 Å². The third-order valence-electron chi connectivity index (χ3n) is 3.67. The summed E-state index contributed by atoms with van der Waals surface area (Å²) < 4.78 is 0. The number of primary amides is 1. The first-order valence-corrected chi connectivity index (χ1v) is 5.61. The van der Waals surface area contributed by atoms with Crippen molar-refractivity contribution >= 4 is 5.91 Å². The van der Waals surface area contributed by atoms with Gasteiger partial charge < -0.3 is 10.6 Å². The summed E-state index contributed by atoms with van der Waals surface area (Å²) in [7, 11) is 3.88. The van der Waals surface area contributed by atoms with Crippen LogP contribution in [0.3, 0.4) is 0 Å². The number of nitrogens with zero attached hydrogens (tertiary/aromatic N) is 2. The monoisotopic (exact) mass is 213 g/mol. The Balaban J connectivity index is 2.70. The molecule has 1 aliphatic rings. The third kappa shape index (κ3) is 2.32. The highest BCUT2D eigenvalue weighted by Gasteiger charge is 2.42. The molecular formula is C11H23N3O. The Morgan fingerprint density at radius 3 is 2.07 bits per heavy atom. The Hall–Kier alpha value is -0.610. The van der Waals surface area contributed by atoms with E-state index in [1.54, 1.807) is 0 Å². The van der Waals surface area contributed by atoms with Gasteiger partial charge in [-0.15, -0.1) is 0 Å². The van der Waals surface area contributed by atoms with E-state index >= 15 is 0 Å². The molecule has 88 valence electrons. The molecule has 1 amide bonds. The highest BCUT2D eigenvalue weighted by Crippen LogP contribution is 2.27. The van der Waals surface area contributed by atoms with Crippen molar-refractivity contribution in [2.45, 2.75) is 38.3 Å². The summed E-state index contributed by atoms with van der Waals surface area (Å²) in [6.07, 6.45) is 1.68. The Kier molecular flexibility index (Phi) is 3.73. The molecule has 0 spiro atoms. The lowest BCUT2D eigenvalue weighted by Crippen LogP contribution is -2.60. The predicted molar refractivity (Wildman–Crippen MR) is 61.6 cm³/mol. The molecule has 0 aromatic heterocycles. The van der Waals surface area contributed by atoms with Crippen molar-refractivity contribution in [1.29, 1.82) is 0 Å². The summed E-state index contributed by atoms with van der Waals surface area (Å²) in [4.78, 5) is 15.9. The van der Waals surface area contributed by atoms with E-state index in [4.69, 9.17) is 5.73 Å². The van der Waals surface area contributed by atoms with E-state index < -0.39 is 5.54 Å². The minimum absolute atomic E-state index is 0.184. The lowest BCUT2D eigenvalue weighted by Gasteiger charge is -2.44.